The third-order valence-electron chi connectivity index (χ3n) is 4.93. The molecule has 0 unspecified atom stereocenters. The Kier molecular flexibility index (Phi) is 5.37. The second-order valence-corrected chi connectivity index (χ2v) is 7.17. The average molecular weight is 444 g/mol. The minimum absolute atomic E-state index is 0.0205. The molecular weight excluding hydrogens is 427 g/mol. The molecule has 0 saturated carbocycles. The number of carbonyl (C=O) groups is 1. The van der Waals surface area contributed by atoms with Gasteiger partial charge in [0, 0.05) is 25.7 Å². The third-order valence-corrected chi connectivity index (χ3v) is 4.93. The topological polar surface area (TPSA) is 92.3 Å². The van der Waals surface area contributed by atoms with Crippen LogP contribution >= 0.6 is 0 Å². The molecule has 4 heterocycles. The van der Waals surface area contributed by atoms with E-state index in [0.29, 0.717) is 19.6 Å². The maximum atomic E-state index is 13.6. The molecule has 1 saturated heterocycles. The number of aromatic nitrogens is 3. The molecule has 0 bridgehead atoms. The minimum Gasteiger partial charge on any atom is -0.435 e. The predicted octanol–water partition coefficient (Wildman–Crippen LogP) is 3.22. The summed E-state index contributed by atoms with van der Waals surface area (Å²) in [4.78, 5) is 25.2. The van der Waals surface area contributed by atoms with E-state index in [1.807, 2.05) is 6.92 Å². The second-order valence-electron chi connectivity index (χ2n) is 7.17. The minimum atomic E-state index is -4.70. The van der Waals surface area contributed by atoms with Crippen molar-refractivity contribution >= 4 is 17.7 Å². The van der Waals surface area contributed by atoms with Crippen LogP contribution in [0.15, 0.2) is 18.5 Å². The Hall–Kier alpha value is -3.09. The normalized spacial score (nSPS) is 21.5. The Labute approximate surface area is 172 Å². The number of piperazine rings is 1. The molecule has 0 aliphatic carbocycles. The molecule has 4 rings (SSSR count). The van der Waals surface area contributed by atoms with Crippen LogP contribution in [0, 0.1) is 0 Å². The molecule has 0 aromatic carbocycles. The molecule has 0 radical (unpaired) electrons. The van der Waals surface area contributed by atoms with E-state index < -0.39 is 30.4 Å². The van der Waals surface area contributed by atoms with E-state index in [1.54, 1.807) is 4.90 Å². The summed E-state index contributed by atoms with van der Waals surface area (Å²) in [5.41, 5.74) is -1.88. The summed E-state index contributed by atoms with van der Waals surface area (Å²) in [5, 5.41) is 5.35. The molecule has 2 atom stereocenters. The van der Waals surface area contributed by atoms with E-state index in [1.165, 1.54) is 0 Å². The molecule has 1 amide bonds. The first-order valence-corrected chi connectivity index (χ1v) is 9.32. The molecule has 2 aliphatic rings. The number of pyridine rings is 1. The molecule has 2 N–H and O–H groups in total. The van der Waals surface area contributed by atoms with Gasteiger partial charge in [0.15, 0.2) is 6.10 Å². The number of carbonyl (C=O) groups excluding carboxylic acids is 1. The number of cyclic esters (lactones) is 1. The summed E-state index contributed by atoms with van der Waals surface area (Å²) in [6.07, 6.45) is -10.1. The number of nitrogens with one attached hydrogen (secondary N) is 2. The van der Waals surface area contributed by atoms with Gasteiger partial charge in [0.1, 0.15) is 23.7 Å². The number of alkyl halides is 5. The van der Waals surface area contributed by atoms with E-state index in [9.17, 15) is 26.7 Å². The van der Waals surface area contributed by atoms with Crippen LogP contribution in [0.5, 0.6) is 0 Å². The molecule has 31 heavy (non-hydrogen) atoms. The number of nitrogens with zero attached hydrogens (tertiary/aromatic N) is 4. The van der Waals surface area contributed by atoms with Crippen LogP contribution in [-0.4, -0.2) is 53.1 Å². The van der Waals surface area contributed by atoms with E-state index in [2.05, 4.69) is 30.3 Å². The number of anilines is 2. The van der Waals surface area contributed by atoms with E-state index in [4.69, 9.17) is 0 Å². The number of amides is 1. The van der Waals surface area contributed by atoms with Gasteiger partial charge >= 0.3 is 12.3 Å². The van der Waals surface area contributed by atoms with Crippen molar-refractivity contribution in [2.45, 2.75) is 31.7 Å². The van der Waals surface area contributed by atoms with Gasteiger partial charge in [-0.25, -0.2) is 28.5 Å². The number of ether oxygens (including phenoxy) is 1. The van der Waals surface area contributed by atoms with Crippen molar-refractivity contribution in [3.63, 3.8) is 0 Å². The molecule has 1 fully saturated rings. The van der Waals surface area contributed by atoms with Gasteiger partial charge in [0.05, 0.1) is 16.8 Å². The van der Waals surface area contributed by atoms with E-state index in [-0.39, 0.29) is 34.6 Å². The summed E-state index contributed by atoms with van der Waals surface area (Å²) in [6, 6.07) is 1.67. The number of rotatable bonds is 3. The molecular formula is C18H17F5N6O2. The lowest BCUT2D eigenvalue weighted by molar-refractivity contribution is -0.137. The summed E-state index contributed by atoms with van der Waals surface area (Å²) < 4.78 is 72.6. The Morgan fingerprint density at radius 1 is 1.26 bits per heavy atom. The van der Waals surface area contributed by atoms with Crippen LogP contribution < -0.4 is 15.5 Å². The monoisotopic (exact) mass is 444 g/mol. The largest absolute Gasteiger partial charge is 0.435 e. The molecule has 2 aliphatic heterocycles. The van der Waals surface area contributed by atoms with Crippen molar-refractivity contribution in [3.8, 4) is 11.4 Å². The highest BCUT2D eigenvalue weighted by Crippen LogP contribution is 2.41. The summed E-state index contributed by atoms with van der Waals surface area (Å²) >= 11 is 0. The van der Waals surface area contributed by atoms with Crippen molar-refractivity contribution in [1.29, 1.82) is 0 Å². The Morgan fingerprint density at radius 2 is 2.03 bits per heavy atom. The highest BCUT2D eigenvalue weighted by molar-refractivity contribution is 5.88. The number of halogens is 5. The molecule has 8 nitrogen and oxygen atoms in total. The molecule has 2 aromatic rings. The maximum Gasteiger partial charge on any atom is 0.416 e. The van der Waals surface area contributed by atoms with Crippen molar-refractivity contribution in [1.82, 2.24) is 20.3 Å². The summed E-state index contributed by atoms with van der Waals surface area (Å²) in [7, 11) is 0. The number of hydrogen-bond donors (Lipinski definition) is 2. The standard InChI is InChI=1S/C18H17F5N6O2/c1-8-6-29(3-2-24-8)11-5-9(18(21,22)23)4-10(27-11)13-12-14(15(19)20)31-17(30)28-16(12)26-7-25-13/h4-5,7-8,14-15,24H,2-3,6H2,1H3,(H,25,26,28,30)/t8-,14-/m0/s1. The highest BCUT2D eigenvalue weighted by atomic mass is 19.4. The molecule has 13 heteroatoms. The number of hydrogen-bond acceptors (Lipinski definition) is 7. The smallest absolute Gasteiger partial charge is 0.416 e. The van der Waals surface area contributed by atoms with Crippen LogP contribution in [0.25, 0.3) is 11.4 Å². The van der Waals surface area contributed by atoms with Crippen LogP contribution in [-0.2, 0) is 10.9 Å². The van der Waals surface area contributed by atoms with Crippen molar-refractivity contribution < 1.29 is 31.5 Å². The van der Waals surface area contributed by atoms with Crippen molar-refractivity contribution in [2.24, 2.45) is 0 Å². The molecule has 2 aromatic heterocycles. The fraction of sp³-hybridized carbons (Fsp3) is 0.444. The van der Waals surface area contributed by atoms with Gasteiger partial charge < -0.3 is 15.0 Å². The maximum absolute atomic E-state index is 13.6. The second kappa shape index (κ2) is 7.87. The van der Waals surface area contributed by atoms with Crippen LogP contribution in [0.3, 0.4) is 0 Å². The Bertz CT molecular complexity index is 1000. The lowest BCUT2D eigenvalue weighted by atomic mass is 10.0. The Balaban J connectivity index is 1.88. The average Bonchev–Trinajstić information content (AvgIpc) is 2.71. The van der Waals surface area contributed by atoms with Gasteiger partial charge in [-0.3, -0.25) is 5.32 Å². The van der Waals surface area contributed by atoms with Gasteiger partial charge in [-0.05, 0) is 19.1 Å². The Morgan fingerprint density at radius 3 is 2.71 bits per heavy atom. The zero-order valence-corrected chi connectivity index (χ0v) is 16.1. The third kappa shape index (κ3) is 4.22. The van der Waals surface area contributed by atoms with Gasteiger partial charge in [0.2, 0.25) is 0 Å². The van der Waals surface area contributed by atoms with Crippen LogP contribution in [0.1, 0.15) is 24.2 Å². The SMILES string of the molecule is C[C@H]1CN(c2cc(C(F)(F)F)cc(-c3ncnc4c3[C@@H](C(F)F)OC(=O)N4)n2)CCN1. The first kappa shape index (κ1) is 21.2. The van der Waals surface area contributed by atoms with Gasteiger partial charge in [0.25, 0.3) is 6.43 Å². The predicted molar refractivity (Wildman–Crippen MR) is 98.8 cm³/mol. The quantitative estimate of drug-likeness (QED) is 0.703. The zero-order valence-electron chi connectivity index (χ0n) is 16.1. The zero-order chi connectivity index (χ0) is 22.3. The van der Waals surface area contributed by atoms with Crippen molar-refractivity contribution in [2.75, 3.05) is 29.9 Å². The lowest BCUT2D eigenvalue weighted by Crippen LogP contribution is -2.49. The lowest BCUT2D eigenvalue weighted by Gasteiger charge is -2.33. The van der Waals surface area contributed by atoms with E-state index in [0.717, 1.165) is 18.5 Å². The van der Waals surface area contributed by atoms with Gasteiger partial charge in [-0.15, -0.1) is 0 Å². The van der Waals surface area contributed by atoms with Crippen molar-refractivity contribution in [3.05, 3.63) is 29.6 Å². The first-order valence-electron chi connectivity index (χ1n) is 9.32. The molecule has 166 valence electrons. The van der Waals surface area contributed by atoms with Crippen LogP contribution in [0.2, 0.25) is 0 Å². The fourth-order valence-corrected chi connectivity index (χ4v) is 3.55. The van der Waals surface area contributed by atoms with Gasteiger partial charge in [-0.1, -0.05) is 0 Å². The van der Waals surface area contributed by atoms with Crippen LogP contribution in [0.4, 0.5) is 38.4 Å². The summed E-state index contributed by atoms with van der Waals surface area (Å²) in [6.45, 7) is 3.26. The fourth-order valence-electron chi connectivity index (χ4n) is 3.55. The first-order chi connectivity index (χ1) is 14.6. The summed E-state index contributed by atoms with van der Waals surface area (Å²) in [5.74, 6) is -0.219. The molecule has 0 spiro atoms. The highest BCUT2D eigenvalue weighted by Gasteiger charge is 2.39. The van der Waals surface area contributed by atoms with E-state index >= 15 is 0 Å². The number of fused-ring (bicyclic) bond motifs is 1. The van der Waals surface area contributed by atoms with Gasteiger partial charge in [-0.2, -0.15) is 13.2 Å².